The van der Waals surface area contributed by atoms with Gasteiger partial charge in [-0.05, 0) is 76.1 Å². The summed E-state index contributed by atoms with van der Waals surface area (Å²) in [5.41, 5.74) is 1.38. The predicted molar refractivity (Wildman–Crippen MR) is 174 cm³/mol. The Morgan fingerprint density at radius 1 is 0.860 bits per heavy atom. The van der Waals surface area contributed by atoms with Gasteiger partial charge in [0, 0.05) is 38.0 Å². The van der Waals surface area contributed by atoms with Gasteiger partial charge < -0.3 is 16.0 Å². The van der Waals surface area contributed by atoms with Crippen LogP contribution in [0.4, 0.5) is 22.7 Å². The molecule has 0 spiro atoms. The number of nitrogens with one attached hydrogen (secondary N) is 3. The van der Waals surface area contributed by atoms with Gasteiger partial charge >= 0.3 is 0 Å². The van der Waals surface area contributed by atoms with E-state index in [9.17, 15) is 25.0 Å². The van der Waals surface area contributed by atoms with Crippen molar-refractivity contribution in [3.8, 4) is 6.07 Å². The van der Waals surface area contributed by atoms with Crippen molar-refractivity contribution in [2.45, 2.75) is 5.25 Å². The first-order valence-corrected chi connectivity index (χ1v) is 14.8. The number of carbonyl (C=O) groups excluding carboxylic acids is 2. The van der Waals surface area contributed by atoms with Crippen LogP contribution in [-0.2, 0) is 9.59 Å². The second-order valence-corrected chi connectivity index (χ2v) is 11.6. The Morgan fingerprint density at radius 3 is 1.98 bits per heavy atom. The Hall–Kier alpha value is -4.34. The third-order valence-corrected chi connectivity index (χ3v) is 8.19. The zero-order chi connectivity index (χ0) is 30.9. The van der Waals surface area contributed by atoms with Crippen LogP contribution in [0.25, 0.3) is 0 Å². The van der Waals surface area contributed by atoms with Gasteiger partial charge in [-0.25, -0.2) is 0 Å². The summed E-state index contributed by atoms with van der Waals surface area (Å²) in [4.78, 5) is 37.7. The Kier molecular flexibility index (Phi) is 10.8. The molecule has 13 heteroatoms. The molecule has 0 aromatic heterocycles. The van der Waals surface area contributed by atoms with Gasteiger partial charge in [-0.3, -0.25) is 19.7 Å². The predicted octanol–water partition coefficient (Wildman–Crippen LogP) is 8.56. The fourth-order valence-electron chi connectivity index (χ4n) is 3.68. The minimum atomic E-state index is -0.968. The van der Waals surface area contributed by atoms with Crippen LogP contribution < -0.4 is 16.0 Å². The maximum absolute atomic E-state index is 13.8. The molecule has 2 amide bonds. The molecule has 0 heterocycles. The molecule has 4 aromatic rings. The summed E-state index contributed by atoms with van der Waals surface area (Å²) < 4.78 is 0.307. The second-order valence-electron chi connectivity index (χ2n) is 8.73. The molecular weight excluding hydrogens is 677 g/mol. The highest BCUT2D eigenvalue weighted by Gasteiger charge is 2.28. The zero-order valence-corrected chi connectivity index (χ0v) is 25.8. The van der Waals surface area contributed by atoms with Gasteiger partial charge in [-0.15, -0.1) is 0 Å². The topological polar surface area (TPSA) is 137 Å². The van der Waals surface area contributed by atoms with Crippen LogP contribution in [0.2, 0.25) is 10.0 Å². The van der Waals surface area contributed by atoms with Crippen LogP contribution in [0.15, 0.2) is 112 Å². The average molecular weight is 697 g/mol. The first-order valence-electron chi connectivity index (χ1n) is 12.3. The number of nitriles is 1. The molecule has 0 saturated carbocycles. The summed E-state index contributed by atoms with van der Waals surface area (Å²) in [6.45, 7) is 0. The lowest BCUT2D eigenvalue weighted by atomic mass is 10.1. The second kappa shape index (κ2) is 14.7. The van der Waals surface area contributed by atoms with Gasteiger partial charge in [0.1, 0.15) is 16.9 Å². The number of hydrogen-bond acceptors (Lipinski definition) is 7. The molecule has 216 valence electrons. The summed E-state index contributed by atoms with van der Waals surface area (Å²) in [6, 6.07) is 27.7. The zero-order valence-electron chi connectivity index (χ0n) is 21.9. The van der Waals surface area contributed by atoms with Crippen molar-refractivity contribution in [1.82, 2.24) is 0 Å². The molecule has 0 aliphatic heterocycles. The number of amides is 2. The number of anilines is 3. The molecule has 0 fully saturated rings. The number of thioether (sulfide) groups is 1. The molecule has 3 N–H and O–H groups in total. The lowest BCUT2D eigenvalue weighted by molar-refractivity contribution is -0.384. The lowest BCUT2D eigenvalue weighted by Gasteiger charge is -2.21. The Bertz CT molecular complexity index is 1730. The van der Waals surface area contributed by atoms with E-state index in [0.29, 0.717) is 37.1 Å². The third kappa shape index (κ3) is 8.59. The quantitative estimate of drug-likeness (QED) is 0.0654. The van der Waals surface area contributed by atoms with E-state index >= 15 is 0 Å². The largest absolute Gasteiger partial charge is 0.349 e. The van der Waals surface area contributed by atoms with E-state index in [2.05, 4.69) is 31.9 Å². The summed E-state index contributed by atoms with van der Waals surface area (Å²) >= 11 is 16.2. The smallest absolute Gasteiger partial charge is 0.270 e. The van der Waals surface area contributed by atoms with E-state index in [4.69, 9.17) is 23.2 Å². The molecule has 0 radical (unpaired) electrons. The maximum atomic E-state index is 13.8. The Labute approximate surface area is 269 Å². The molecule has 0 unspecified atom stereocenters. The first-order chi connectivity index (χ1) is 20.6. The van der Waals surface area contributed by atoms with Crippen LogP contribution in [0.3, 0.4) is 0 Å². The van der Waals surface area contributed by atoms with Gasteiger partial charge in [-0.2, -0.15) is 5.26 Å². The molecule has 4 aromatic carbocycles. The molecule has 0 aliphatic rings. The Balaban J connectivity index is 1.74. The van der Waals surface area contributed by atoms with Crippen molar-refractivity contribution >= 4 is 85.5 Å². The number of non-ortho nitro benzene ring substituents is 1. The first kappa shape index (κ1) is 31.6. The fraction of sp³-hybridized carbons (Fsp3) is 0.0333. The van der Waals surface area contributed by atoms with E-state index in [1.807, 2.05) is 6.07 Å². The number of nitro benzene ring substituents is 1. The molecule has 43 heavy (non-hydrogen) atoms. The highest BCUT2D eigenvalue weighted by Crippen LogP contribution is 2.39. The van der Waals surface area contributed by atoms with E-state index in [-0.39, 0.29) is 16.3 Å². The van der Waals surface area contributed by atoms with E-state index in [1.54, 1.807) is 78.9 Å². The monoisotopic (exact) mass is 695 g/mol. The Morgan fingerprint density at radius 2 is 1.44 bits per heavy atom. The standard InChI is InChI=1S/C30H20BrCl2N5O4S/c31-25-16-23(38(41)42)14-15-26(25)37-29(40)27(18-4-2-1-3-5-18)43-30(36-22-12-8-20(33)9-13-22)24(17-34)28(39)35-21-10-6-19(32)7-11-21/h1-16,27,36H,(H,35,39)(H,37,40)/b30-24-/t27-/m0/s1. The van der Waals surface area contributed by atoms with Crippen molar-refractivity contribution in [2.24, 2.45) is 0 Å². The number of rotatable bonds is 10. The fourth-order valence-corrected chi connectivity index (χ4v) is 5.53. The number of benzene rings is 4. The van der Waals surface area contributed by atoms with Crippen molar-refractivity contribution in [3.05, 3.63) is 138 Å². The number of carbonyl (C=O) groups is 2. The SMILES string of the molecule is N#C/C(C(=O)Nc1ccc(Cl)cc1)=C(\Nc1ccc(Cl)cc1)S[C@H](C(=O)Nc1ccc([N+](=O)[O-])cc1Br)c1ccccc1. The number of nitrogens with zero attached hydrogens (tertiary/aromatic N) is 2. The van der Waals surface area contributed by atoms with E-state index < -0.39 is 22.0 Å². The third-order valence-electron chi connectivity index (χ3n) is 5.77. The van der Waals surface area contributed by atoms with Crippen LogP contribution >= 0.6 is 50.9 Å². The van der Waals surface area contributed by atoms with Gasteiger partial charge in [0.25, 0.3) is 11.6 Å². The van der Waals surface area contributed by atoms with Gasteiger partial charge in [-0.1, -0.05) is 65.3 Å². The maximum Gasteiger partial charge on any atom is 0.270 e. The van der Waals surface area contributed by atoms with Crippen LogP contribution in [0.5, 0.6) is 0 Å². The normalized spacial score (nSPS) is 11.9. The molecule has 0 saturated heterocycles. The van der Waals surface area contributed by atoms with E-state index in [0.717, 1.165) is 11.8 Å². The number of halogens is 3. The van der Waals surface area contributed by atoms with Crippen molar-refractivity contribution in [1.29, 1.82) is 5.26 Å². The molecule has 4 rings (SSSR count). The summed E-state index contributed by atoms with van der Waals surface area (Å²) in [5.74, 6) is -1.21. The molecule has 0 aliphatic carbocycles. The summed E-state index contributed by atoms with van der Waals surface area (Å²) in [5, 5.41) is 30.0. The lowest BCUT2D eigenvalue weighted by Crippen LogP contribution is -2.22. The molecular formula is C30H20BrCl2N5O4S. The van der Waals surface area contributed by atoms with E-state index in [1.165, 1.54) is 18.2 Å². The average Bonchev–Trinajstić information content (AvgIpc) is 2.99. The summed E-state index contributed by atoms with van der Waals surface area (Å²) in [7, 11) is 0. The van der Waals surface area contributed by atoms with Crippen molar-refractivity contribution in [2.75, 3.05) is 16.0 Å². The summed E-state index contributed by atoms with van der Waals surface area (Å²) in [6.07, 6.45) is 0. The van der Waals surface area contributed by atoms with Crippen LogP contribution in [0.1, 0.15) is 10.8 Å². The van der Waals surface area contributed by atoms with Crippen molar-refractivity contribution < 1.29 is 14.5 Å². The minimum Gasteiger partial charge on any atom is -0.349 e. The van der Waals surface area contributed by atoms with Crippen molar-refractivity contribution in [3.63, 3.8) is 0 Å². The highest BCUT2D eigenvalue weighted by molar-refractivity contribution is 9.10. The van der Waals surface area contributed by atoms with Crippen LogP contribution in [0, 0.1) is 21.4 Å². The van der Waals surface area contributed by atoms with Gasteiger partial charge in [0.15, 0.2) is 0 Å². The number of nitro groups is 1. The molecule has 0 bridgehead atoms. The minimum absolute atomic E-state index is 0.100. The van der Waals surface area contributed by atoms with Gasteiger partial charge in [0.2, 0.25) is 5.91 Å². The van der Waals surface area contributed by atoms with Crippen LogP contribution in [-0.4, -0.2) is 16.7 Å². The van der Waals surface area contributed by atoms with Gasteiger partial charge in [0.05, 0.1) is 15.6 Å². The molecule has 9 nitrogen and oxygen atoms in total. The highest BCUT2D eigenvalue weighted by atomic mass is 79.9. The number of hydrogen-bond donors (Lipinski definition) is 3. The molecule has 1 atom stereocenters.